The minimum absolute atomic E-state index is 0.740. The van der Waals surface area contributed by atoms with Gasteiger partial charge in [-0.05, 0) is 39.8 Å². The van der Waals surface area contributed by atoms with Crippen molar-refractivity contribution in [3.05, 3.63) is 0 Å². The third kappa shape index (κ3) is 1.27. The summed E-state index contributed by atoms with van der Waals surface area (Å²) in [4.78, 5) is 5.15. The van der Waals surface area contributed by atoms with Gasteiger partial charge in [0.2, 0.25) is 0 Å². The van der Waals surface area contributed by atoms with E-state index in [1.165, 1.54) is 26.1 Å². The van der Waals surface area contributed by atoms with Crippen LogP contribution in [0.1, 0.15) is 20.3 Å². The molecule has 2 heteroatoms. The molecule has 2 heterocycles. The lowest BCUT2D eigenvalue weighted by Crippen LogP contribution is -2.34. The van der Waals surface area contributed by atoms with E-state index in [2.05, 4.69) is 30.7 Å². The SMILES string of the molecule is CC(C)N1C[C@@H]2CCN(C)[C@@H]2C1. The Balaban J connectivity index is 1.98. The summed E-state index contributed by atoms with van der Waals surface area (Å²) in [5.41, 5.74) is 0. The number of nitrogens with zero attached hydrogens (tertiary/aromatic N) is 2. The van der Waals surface area contributed by atoms with Gasteiger partial charge in [-0.15, -0.1) is 0 Å². The fourth-order valence-electron chi connectivity index (χ4n) is 2.63. The van der Waals surface area contributed by atoms with Crippen molar-refractivity contribution in [2.24, 2.45) is 5.92 Å². The van der Waals surface area contributed by atoms with Crippen LogP contribution in [-0.4, -0.2) is 48.6 Å². The molecule has 2 fully saturated rings. The molecule has 0 bridgehead atoms. The predicted octanol–water partition coefficient (Wildman–Crippen LogP) is 1.03. The number of rotatable bonds is 1. The van der Waals surface area contributed by atoms with E-state index in [9.17, 15) is 0 Å². The molecule has 0 N–H and O–H groups in total. The average molecular weight is 168 g/mol. The van der Waals surface area contributed by atoms with Gasteiger partial charge in [0.05, 0.1) is 0 Å². The summed E-state index contributed by atoms with van der Waals surface area (Å²) in [6.07, 6.45) is 1.42. The van der Waals surface area contributed by atoms with Crippen LogP contribution in [0.5, 0.6) is 0 Å². The van der Waals surface area contributed by atoms with Crippen LogP contribution in [0.15, 0.2) is 0 Å². The molecule has 2 aliphatic heterocycles. The molecule has 70 valence electrons. The van der Waals surface area contributed by atoms with E-state index in [1.807, 2.05) is 0 Å². The molecule has 2 saturated heterocycles. The second kappa shape index (κ2) is 3.00. The summed E-state index contributed by atoms with van der Waals surface area (Å²) < 4.78 is 0. The Labute approximate surface area is 75.5 Å². The fraction of sp³-hybridized carbons (Fsp3) is 1.00. The van der Waals surface area contributed by atoms with Gasteiger partial charge in [0.1, 0.15) is 0 Å². The largest absolute Gasteiger partial charge is 0.302 e. The van der Waals surface area contributed by atoms with Crippen molar-refractivity contribution in [2.45, 2.75) is 32.4 Å². The van der Waals surface area contributed by atoms with E-state index in [-0.39, 0.29) is 0 Å². The molecule has 0 aromatic heterocycles. The van der Waals surface area contributed by atoms with E-state index in [0.717, 1.165) is 18.0 Å². The maximum atomic E-state index is 2.62. The zero-order valence-electron chi connectivity index (χ0n) is 8.45. The predicted molar refractivity (Wildman–Crippen MR) is 51.2 cm³/mol. The summed E-state index contributed by atoms with van der Waals surface area (Å²) in [6, 6.07) is 1.61. The maximum absolute atomic E-state index is 2.62. The summed E-state index contributed by atoms with van der Waals surface area (Å²) >= 11 is 0. The molecule has 0 aliphatic carbocycles. The van der Waals surface area contributed by atoms with Gasteiger partial charge in [-0.25, -0.2) is 0 Å². The van der Waals surface area contributed by atoms with Crippen molar-refractivity contribution in [2.75, 3.05) is 26.7 Å². The van der Waals surface area contributed by atoms with Gasteiger partial charge < -0.3 is 4.90 Å². The summed E-state index contributed by atoms with van der Waals surface area (Å²) in [6.45, 7) is 8.58. The second-order valence-electron chi connectivity index (χ2n) is 4.64. The van der Waals surface area contributed by atoms with Crippen molar-refractivity contribution in [1.82, 2.24) is 9.80 Å². The lowest BCUT2D eigenvalue weighted by atomic mass is 10.1. The smallest absolute Gasteiger partial charge is 0.0261 e. The highest BCUT2D eigenvalue weighted by Crippen LogP contribution is 2.30. The molecule has 0 aromatic rings. The quantitative estimate of drug-likeness (QED) is 0.577. The number of hydrogen-bond acceptors (Lipinski definition) is 2. The lowest BCUT2D eigenvalue weighted by molar-refractivity contribution is 0.227. The Hall–Kier alpha value is -0.0800. The summed E-state index contributed by atoms with van der Waals surface area (Å²) in [5.74, 6) is 0.970. The van der Waals surface area contributed by atoms with Crippen molar-refractivity contribution in [3.63, 3.8) is 0 Å². The average Bonchev–Trinajstić information content (AvgIpc) is 2.53. The monoisotopic (exact) mass is 168 g/mol. The van der Waals surface area contributed by atoms with E-state index < -0.39 is 0 Å². The highest BCUT2D eigenvalue weighted by molar-refractivity contribution is 4.95. The number of likely N-dealkylation sites (tertiary alicyclic amines) is 2. The van der Waals surface area contributed by atoms with Gasteiger partial charge in [-0.3, -0.25) is 4.90 Å². The van der Waals surface area contributed by atoms with E-state index >= 15 is 0 Å². The van der Waals surface area contributed by atoms with Gasteiger partial charge in [-0.1, -0.05) is 0 Å². The maximum Gasteiger partial charge on any atom is 0.0261 e. The van der Waals surface area contributed by atoms with Gasteiger partial charge >= 0.3 is 0 Å². The first kappa shape index (κ1) is 8.52. The zero-order chi connectivity index (χ0) is 8.72. The Morgan fingerprint density at radius 1 is 1.25 bits per heavy atom. The molecule has 2 atom stereocenters. The summed E-state index contributed by atoms with van der Waals surface area (Å²) in [5, 5.41) is 0. The van der Waals surface area contributed by atoms with Crippen LogP contribution >= 0.6 is 0 Å². The second-order valence-corrected chi connectivity index (χ2v) is 4.64. The first-order valence-corrected chi connectivity index (χ1v) is 5.13. The first-order chi connectivity index (χ1) is 5.68. The van der Waals surface area contributed by atoms with E-state index in [1.54, 1.807) is 0 Å². The van der Waals surface area contributed by atoms with Crippen molar-refractivity contribution >= 4 is 0 Å². The molecule has 0 unspecified atom stereocenters. The Kier molecular flexibility index (Phi) is 2.13. The first-order valence-electron chi connectivity index (χ1n) is 5.13. The van der Waals surface area contributed by atoms with Crippen LogP contribution < -0.4 is 0 Å². The van der Waals surface area contributed by atoms with Crippen LogP contribution in [0.2, 0.25) is 0 Å². The van der Waals surface area contributed by atoms with E-state index in [0.29, 0.717) is 0 Å². The molecule has 0 radical (unpaired) electrons. The molecule has 0 aromatic carbocycles. The molecular weight excluding hydrogens is 148 g/mol. The highest BCUT2D eigenvalue weighted by Gasteiger charge is 2.39. The molecule has 2 rings (SSSR count). The standard InChI is InChI=1S/C10H20N2/c1-8(2)12-6-9-4-5-11(3)10(9)7-12/h8-10H,4-7H2,1-3H3/t9-,10+/m0/s1. The van der Waals surface area contributed by atoms with Crippen molar-refractivity contribution in [1.29, 1.82) is 0 Å². The van der Waals surface area contributed by atoms with Crippen LogP contribution in [0.25, 0.3) is 0 Å². The fourth-order valence-corrected chi connectivity index (χ4v) is 2.63. The number of hydrogen-bond donors (Lipinski definition) is 0. The molecule has 2 nitrogen and oxygen atoms in total. The molecule has 0 spiro atoms. The van der Waals surface area contributed by atoms with Crippen LogP contribution in [0, 0.1) is 5.92 Å². The number of fused-ring (bicyclic) bond motifs is 1. The van der Waals surface area contributed by atoms with Gasteiger partial charge in [0.25, 0.3) is 0 Å². The zero-order valence-corrected chi connectivity index (χ0v) is 8.45. The molecule has 12 heavy (non-hydrogen) atoms. The normalized spacial score (nSPS) is 38.0. The van der Waals surface area contributed by atoms with Crippen molar-refractivity contribution in [3.8, 4) is 0 Å². The minimum atomic E-state index is 0.740. The molecule has 2 aliphatic rings. The van der Waals surface area contributed by atoms with Crippen LogP contribution in [0.3, 0.4) is 0 Å². The Morgan fingerprint density at radius 2 is 2.00 bits per heavy atom. The van der Waals surface area contributed by atoms with Gasteiger partial charge in [0, 0.05) is 25.2 Å². The Bertz CT molecular complexity index is 167. The molecule has 0 saturated carbocycles. The topological polar surface area (TPSA) is 6.48 Å². The van der Waals surface area contributed by atoms with Crippen LogP contribution in [0.4, 0.5) is 0 Å². The van der Waals surface area contributed by atoms with E-state index in [4.69, 9.17) is 0 Å². The lowest BCUT2D eigenvalue weighted by Gasteiger charge is -2.23. The summed E-state index contributed by atoms with van der Waals surface area (Å²) in [7, 11) is 2.27. The third-order valence-corrected chi connectivity index (χ3v) is 3.58. The molecular formula is C10H20N2. The van der Waals surface area contributed by atoms with Gasteiger partial charge in [0.15, 0.2) is 0 Å². The Morgan fingerprint density at radius 3 is 2.58 bits per heavy atom. The third-order valence-electron chi connectivity index (χ3n) is 3.58. The molecule has 0 amide bonds. The van der Waals surface area contributed by atoms with Crippen LogP contribution in [-0.2, 0) is 0 Å². The van der Waals surface area contributed by atoms with Gasteiger partial charge in [-0.2, -0.15) is 0 Å². The number of likely N-dealkylation sites (N-methyl/N-ethyl adjacent to an activating group) is 1. The minimum Gasteiger partial charge on any atom is -0.302 e. The highest BCUT2D eigenvalue weighted by atomic mass is 15.3. The van der Waals surface area contributed by atoms with Crippen molar-refractivity contribution < 1.29 is 0 Å².